The second-order valence-electron chi connectivity index (χ2n) is 1.96. The van der Waals surface area contributed by atoms with E-state index < -0.39 is 0 Å². The van der Waals surface area contributed by atoms with Crippen molar-refractivity contribution >= 4 is 27.3 Å². The van der Waals surface area contributed by atoms with E-state index in [1.54, 1.807) is 16.3 Å². The molecule has 1 aromatic heterocycles. The molecule has 0 saturated carbocycles. The minimum Gasteiger partial charge on any atom is -0.372 e. The first-order valence-electron chi connectivity index (χ1n) is 3.29. The summed E-state index contributed by atoms with van der Waals surface area (Å²) in [7, 11) is 0. The maximum absolute atomic E-state index is 5.31. The number of ether oxygens (including phenoxy) is 1. The van der Waals surface area contributed by atoms with E-state index in [4.69, 9.17) is 4.74 Å². The van der Waals surface area contributed by atoms with Gasteiger partial charge in [0.05, 0.1) is 13.2 Å². The van der Waals surface area contributed by atoms with Gasteiger partial charge < -0.3 is 4.74 Å². The van der Waals surface area contributed by atoms with Crippen molar-refractivity contribution in [2.24, 2.45) is 0 Å². The molecule has 0 aromatic carbocycles. The summed E-state index contributed by atoms with van der Waals surface area (Å²) in [4.78, 5) is 3.08. The minimum atomic E-state index is 0.670. The largest absolute Gasteiger partial charge is 0.372 e. The predicted molar refractivity (Wildman–Crippen MR) is 52.0 cm³/mol. The lowest BCUT2D eigenvalue weighted by Gasteiger charge is -1.95. The van der Waals surface area contributed by atoms with Crippen LogP contribution in [0.15, 0.2) is 28.6 Å². The highest BCUT2D eigenvalue weighted by atomic mass is 79.9. The van der Waals surface area contributed by atoms with Gasteiger partial charge in [-0.25, -0.2) is 0 Å². The van der Waals surface area contributed by atoms with Gasteiger partial charge in [-0.1, -0.05) is 28.1 Å². The monoisotopic (exact) mass is 232 g/mol. The van der Waals surface area contributed by atoms with Crippen LogP contribution in [0.3, 0.4) is 0 Å². The zero-order chi connectivity index (χ0) is 7.94. The normalized spacial score (nSPS) is 11.0. The van der Waals surface area contributed by atoms with Crippen LogP contribution in [-0.4, -0.2) is 6.61 Å². The molecule has 1 aromatic rings. The average Bonchev–Trinajstić information content (AvgIpc) is 2.50. The maximum Gasteiger partial charge on any atom is 0.0813 e. The highest BCUT2D eigenvalue weighted by Crippen LogP contribution is 2.09. The van der Waals surface area contributed by atoms with Gasteiger partial charge in [-0.15, -0.1) is 11.3 Å². The Hall–Kier alpha value is -0.120. The van der Waals surface area contributed by atoms with Crippen molar-refractivity contribution in [3.63, 3.8) is 0 Å². The Balaban J connectivity index is 2.14. The van der Waals surface area contributed by atoms with Gasteiger partial charge >= 0.3 is 0 Å². The van der Waals surface area contributed by atoms with Gasteiger partial charge in [-0.2, -0.15) is 0 Å². The average molecular weight is 233 g/mol. The second-order valence-corrected chi connectivity index (χ2v) is 3.52. The fourth-order valence-corrected chi connectivity index (χ4v) is 1.45. The van der Waals surface area contributed by atoms with E-state index in [1.165, 1.54) is 4.88 Å². The molecule has 0 aliphatic carbocycles. The molecule has 1 heterocycles. The first-order valence-corrected chi connectivity index (χ1v) is 5.08. The molecule has 0 aliphatic heterocycles. The van der Waals surface area contributed by atoms with E-state index in [1.807, 2.05) is 12.1 Å². The summed E-state index contributed by atoms with van der Waals surface area (Å²) in [5.41, 5.74) is 0. The van der Waals surface area contributed by atoms with Gasteiger partial charge in [0, 0.05) is 4.88 Å². The van der Waals surface area contributed by atoms with Gasteiger partial charge in [-0.3, -0.25) is 0 Å². The first-order chi connectivity index (χ1) is 5.43. The zero-order valence-corrected chi connectivity index (χ0v) is 8.40. The summed E-state index contributed by atoms with van der Waals surface area (Å²) < 4.78 is 5.31. The number of hydrogen-bond acceptors (Lipinski definition) is 2. The molecule has 0 amide bonds. The van der Waals surface area contributed by atoms with Gasteiger partial charge in [0.1, 0.15) is 0 Å². The van der Waals surface area contributed by atoms with Crippen molar-refractivity contribution in [2.45, 2.75) is 6.61 Å². The van der Waals surface area contributed by atoms with Crippen molar-refractivity contribution in [2.75, 3.05) is 6.61 Å². The van der Waals surface area contributed by atoms with Crippen LogP contribution in [-0.2, 0) is 11.3 Å². The van der Waals surface area contributed by atoms with Crippen LogP contribution in [0.1, 0.15) is 4.88 Å². The molecule has 11 heavy (non-hydrogen) atoms. The molecular weight excluding hydrogens is 224 g/mol. The molecule has 1 rings (SSSR count). The van der Waals surface area contributed by atoms with Crippen molar-refractivity contribution < 1.29 is 4.74 Å². The van der Waals surface area contributed by atoms with E-state index in [0.717, 1.165) is 6.61 Å². The number of thiophene rings is 1. The van der Waals surface area contributed by atoms with E-state index in [2.05, 4.69) is 27.4 Å². The molecular formula is C8H9BrOS. The Morgan fingerprint density at radius 1 is 1.64 bits per heavy atom. The number of rotatable bonds is 4. The smallest absolute Gasteiger partial charge is 0.0813 e. The summed E-state index contributed by atoms with van der Waals surface area (Å²) in [6, 6.07) is 4.10. The van der Waals surface area contributed by atoms with Gasteiger partial charge in [0.25, 0.3) is 0 Å². The van der Waals surface area contributed by atoms with Crippen molar-refractivity contribution in [3.05, 3.63) is 33.5 Å². The van der Waals surface area contributed by atoms with Gasteiger partial charge in [0.15, 0.2) is 0 Å². The molecule has 0 saturated heterocycles. The molecule has 0 radical (unpaired) electrons. The minimum absolute atomic E-state index is 0.670. The van der Waals surface area contributed by atoms with Gasteiger partial charge in [0.2, 0.25) is 0 Å². The zero-order valence-electron chi connectivity index (χ0n) is 6.00. The van der Waals surface area contributed by atoms with Crippen LogP contribution < -0.4 is 0 Å². The van der Waals surface area contributed by atoms with Gasteiger partial charge in [-0.05, 0) is 16.4 Å². The second kappa shape index (κ2) is 5.52. The van der Waals surface area contributed by atoms with E-state index in [0.29, 0.717) is 6.61 Å². The topological polar surface area (TPSA) is 9.23 Å². The summed E-state index contributed by atoms with van der Waals surface area (Å²) in [5, 5.41) is 2.05. The lowest BCUT2D eigenvalue weighted by atomic mass is 10.5. The predicted octanol–water partition coefficient (Wildman–Crippen LogP) is 3.17. The Labute approximate surface area is 78.8 Å². The molecule has 0 atom stereocenters. The fourth-order valence-electron chi connectivity index (χ4n) is 0.659. The lowest BCUT2D eigenvalue weighted by molar-refractivity contribution is 0.151. The summed E-state index contributed by atoms with van der Waals surface area (Å²) in [5.74, 6) is 0. The Bertz CT molecular complexity index is 206. The molecule has 0 N–H and O–H groups in total. The van der Waals surface area contributed by atoms with Crippen LogP contribution >= 0.6 is 27.3 Å². The van der Waals surface area contributed by atoms with E-state index in [9.17, 15) is 0 Å². The van der Waals surface area contributed by atoms with Crippen LogP contribution in [0.4, 0.5) is 0 Å². The molecule has 0 unspecified atom stereocenters. The third-order valence-corrected chi connectivity index (χ3v) is 2.35. The third-order valence-electron chi connectivity index (χ3n) is 1.13. The molecule has 60 valence electrons. The van der Waals surface area contributed by atoms with Crippen LogP contribution in [0, 0.1) is 0 Å². The van der Waals surface area contributed by atoms with Crippen LogP contribution in [0.25, 0.3) is 0 Å². The number of halogens is 1. The van der Waals surface area contributed by atoms with E-state index in [-0.39, 0.29) is 0 Å². The Kier molecular flexibility index (Phi) is 4.50. The van der Waals surface area contributed by atoms with E-state index >= 15 is 0 Å². The molecule has 0 bridgehead atoms. The van der Waals surface area contributed by atoms with Crippen LogP contribution in [0.5, 0.6) is 0 Å². The summed E-state index contributed by atoms with van der Waals surface area (Å²) in [6.07, 6.45) is 1.92. The Morgan fingerprint density at radius 2 is 2.55 bits per heavy atom. The quantitative estimate of drug-likeness (QED) is 0.726. The lowest BCUT2D eigenvalue weighted by Crippen LogP contribution is -1.88. The number of hydrogen-bond donors (Lipinski definition) is 0. The van der Waals surface area contributed by atoms with Crippen molar-refractivity contribution in [1.29, 1.82) is 0 Å². The molecule has 3 heteroatoms. The maximum atomic E-state index is 5.31. The molecule has 0 spiro atoms. The molecule has 1 nitrogen and oxygen atoms in total. The summed E-state index contributed by atoms with van der Waals surface area (Å²) >= 11 is 4.89. The third kappa shape index (κ3) is 3.70. The highest BCUT2D eigenvalue weighted by Gasteiger charge is 1.90. The molecule has 0 fully saturated rings. The SMILES string of the molecule is Br/C=C/COCc1cccs1. The van der Waals surface area contributed by atoms with Crippen molar-refractivity contribution in [3.8, 4) is 0 Å². The Morgan fingerprint density at radius 3 is 3.18 bits per heavy atom. The first kappa shape index (κ1) is 8.97. The molecule has 0 aliphatic rings. The highest BCUT2D eigenvalue weighted by molar-refractivity contribution is 9.11. The fraction of sp³-hybridized carbons (Fsp3) is 0.250. The van der Waals surface area contributed by atoms with Crippen molar-refractivity contribution in [1.82, 2.24) is 0 Å². The standard InChI is InChI=1S/C8H9BrOS/c9-4-2-5-10-7-8-3-1-6-11-8/h1-4,6H,5,7H2/b4-2+. The van der Waals surface area contributed by atoms with Crippen LogP contribution in [0.2, 0.25) is 0 Å². The summed E-state index contributed by atoms with van der Waals surface area (Å²) in [6.45, 7) is 1.39.